The first-order valence-electron chi connectivity index (χ1n) is 14.0. The normalized spacial score (nSPS) is 14.3. The molecule has 13 heteroatoms. The summed E-state index contributed by atoms with van der Waals surface area (Å²) in [6.07, 6.45) is -1.24. The molecule has 5 rings (SSSR count). The Morgan fingerprint density at radius 3 is 1.93 bits per heavy atom. The van der Waals surface area contributed by atoms with Crippen LogP contribution in [0.5, 0.6) is 0 Å². The summed E-state index contributed by atoms with van der Waals surface area (Å²) in [4.78, 5) is 46.6. The molecule has 2 aromatic heterocycles. The highest BCUT2D eigenvalue weighted by atomic mass is 19.1. The Balaban J connectivity index is 1.58. The van der Waals surface area contributed by atoms with Crippen LogP contribution in [0.2, 0.25) is 0 Å². The van der Waals surface area contributed by atoms with Crippen LogP contribution >= 0.6 is 0 Å². The SMILES string of the molecule is Cn1c(=O)c([N+](=O)[O-])c(N2CCN(C(c3ccc(F)cc3)c3ccc(F)cc3)CC2)c2nc(N(C(=O)O)C(C)(C)C)ccc21. The highest BCUT2D eigenvalue weighted by molar-refractivity contribution is 5.96. The lowest BCUT2D eigenvalue weighted by Crippen LogP contribution is -2.48. The zero-order valence-corrected chi connectivity index (χ0v) is 24.7. The van der Waals surface area contributed by atoms with Gasteiger partial charge in [-0.25, -0.2) is 18.6 Å². The van der Waals surface area contributed by atoms with Crippen LogP contribution in [-0.4, -0.2) is 62.3 Å². The molecule has 0 aliphatic carbocycles. The third-order valence-corrected chi connectivity index (χ3v) is 7.82. The Bertz CT molecular complexity index is 1730. The molecule has 4 aromatic rings. The molecule has 1 saturated heterocycles. The number of pyridine rings is 2. The molecular formula is C31H32F2N6O5. The maximum atomic E-state index is 13.8. The van der Waals surface area contributed by atoms with Gasteiger partial charge < -0.3 is 14.6 Å². The minimum absolute atomic E-state index is 0.0222. The van der Waals surface area contributed by atoms with Crippen LogP contribution in [0, 0.1) is 21.7 Å². The molecule has 1 aliphatic heterocycles. The van der Waals surface area contributed by atoms with Gasteiger partial charge in [0.1, 0.15) is 23.0 Å². The Kier molecular flexibility index (Phi) is 8.08. The van der Waals surface area contributed by atoms with Crippen LogP contribution in [0.15, 0.2) is 65.5 Å². The van der Waals surface area contributed by atoms with Crippen LogP contribution in [0.1, 0.15) is 37.9 Å². The number of rotatable bonds is 6. The molecule has 1 fully saturated rings. The van der Waals surface area contributed by atoms with E-state index in [0.717, 1.165) is 20.6 Å². The van der Waals surface area contributed by atoms with E-state index in [0.29, 0.717) is 18.6 Å². The van der Waals surface area contributed by atoms with Gasteiger partial charge in [0.05, 0.1) is 16.5 Å². The van der Waals surface area contributed by atoms with E-state index in [1.54, 1.807) is 56.0 Å². The minimum Gasteiger partial charge on any atom is -0.465 e. The number of anilines is 2. The Labute approximate surface area is 251 Å². The first-order valence-corrected chi connectivity index (χ1v) is 14.0. The van der Waals surface area contributed by atoms with Gasteiger partial charge in [0, 0.05) is 38.8 Å². The van der Waals surface area contributed by atoms with E-state index in [2.05, 4.69) is 9.88 Å². The molecule has 0 bridgehead atoms. The predicted octanol–water partition coefficient (Wildman–Crippen LogP) is 5.31. The largest absolute Gasteiger partial charge is 0.465 e. The number of halogens is 2. The molecule has 0 spiro atoms. The van der Waals surface area contributed by atoms with Crippen LogP contribution < -0.4 is 15.4 Å². The average Bonchev–Trinajstić information content (AvgIpc) is 2.96. The zero-order valence-electron chi connectivity index (χ0n) is 24.7. The van der Waals surface area contributed by atoms with Gasteiger partial charge in [-0.05, 0) is 68.3 Å². The van der Waals surface area contributed by atoms with E-state index < -0.39 is 27.8 Å². The zero-order chi connectivity index (χ0) is 31.9. The second-order valence-electron chi connectivity index (χ2n) is 11.7. The molecular weight excluding hydrogens is 574 g/mol. The minimum atomic E-state index is -1.24. The number of amides is 1. The summed E-state index contributed by atoms with van der Waals surface area (Å²) in [5.74, 6) is -0.708. The summed E-state index contributed by atoms with van der Waals surface area (Å²) < 4.78 is 28.7. The van der Waals surface area contributed by atoms with Gasteiger partial charge in [-0.3, -0.25) is 24.7 Å². The molecule has 11 nitrogen and oxygen atoms in total. The molecule has 1 aliphatic rings. The van der Waals surface area contributed by atoms with Gasteiger partial charge in [0.2, 0.25) is 0 Å². The number of hydrogen-bond donors (Lipinski definition) is 1. The van der Waals surface area contributed by atoms with Crippen molar-refractivity contribution in [3.63, 3.8) is 0 Å². The predicted molar refractivity (Wildman–Crippen MR) is 162 cm³/mol. The smallest absolute Gasteiger partial charge is 0.413 e. The van der Waals surface area contributed by atoms with E-state index in [4.69, 9.17) is 0 Å². The van der Waals surface area contributed by atoms with Crippen molar-refractivity contribution < 1.29 is 23.6 Å². The van der Waals surface area contributed by atoms with E-state index in [9.17, 15) is 33.6 Å². The van der Waals surface area contributed by atoms with Crippen LogP contribution in [0.3, 0.4) is 0 Å². The first-order chi connectivity index (χ1) is 20.8. The van der Waals surface area contributed by atoms with Crippen molar-refractivity contribution in [3.05, 3.63) is 104 Å². The standard InChI is InChI=1S/C31H32F2N6O5/c1-31(2,3)38(30(41)42)24-14-13-23-25(34-24)27(28(39(43)44)29(40)35(23)4)37-17-15-36(16-18-37)26(19-5-9-21(32)10-6-19)20-7-11-22(33)12-8-20/h5-14,26H,15-18H2,1-4H3,(H,41,42). The number of fused-ring (bicyclic) bond motifs is 1. The summed E-state index contributed by atoms with van der Waals surface area (Å²) in [5, 5.41) is 22.3. The fourth-order valence-electron chi connectivity index (χ4n) is 5.79. The van der Waals surface area contributed by atoms with E-state index in [1.165, 1.54) is 37.4 Å². The molecule has 44 heavy (non-hydrogen) atoms. The molecule has 1 N–H and O–H groups in total. The molecule has 0 atom stereocenters. The molecule has 0 saturated carbocycles. The van der Waals surface area contributed by atoms with E-state index in [-0.39, 0.29) is 47.8 Å². The van der Waals surface area contributed by atoms with Crippen molar-refractivity contribution >= 4 is 34.3 Å². The van der Waals surface area contributed by atoms with Crippen molar-refractivity contribution in [2.24, 2.45) is 7.05 Å². The Hall–Kier alpha value is -4.91. The third-order valence-electron chi connectivity index (χ3n) is 7.82. The Morgan fingerprint density at radius 1 is 0.955 bits per heavy atom. The van der Waals surface area contributed by atoms with Gasteiger partial charge in [-0.2, -0.15) is 0 Å². The maximum Gasteiger partial charge on any atom is 0.413 e. The number of carboxylic acid groups (broad SMARTS) is 1. The number of nitrogens with zero attached hydrogens (tertiary/aromatic N) is 6. The van der Waals surface area contributed by atoms with Gasteiger partial charge in [-0.1, -0.05) is 24.3 Å². The maximum absolute atomic E-state index is 13.8. The summed E-state index contributed by atoms with van der Waals surface area (Å²) >= 11 is 0. The second kappa shape index (κ2) is 11.6. The molecule has 2 aromatic carbocycles. The summed E-state index contributed by atoms with van der Waals surface area (Å²) in [7, 11) is 1.41. The molecule has 1 amide bonds. The van der Waals surface area contributed by atoms with Gasteiger partial charge in [0.15, 0.2) is 5.69 Å². The number of aromatic nitrogens is 2. The topological polar surface area (TPSA) is 125 Å². The fourth-order valence-corrected chi connectivity index (χ4v) is 5.79. The number of carbonyl (C=O) groups is 1. The van der Waals surface area contributed by atoms with Crippen LogP contribution in [0.4, 0.5) is 30.8 Å². The second-order valence-corrected chi connectivity index (χ2v) is 11.7. The van der Waals surface area contributed by atoms with Crippen molar-refractivity contribution in [1.29, 1.82) is 0 Å². The number of benzene rings is 2. The van der Waals surface area contributed by atoms with Crippen molar-refractivity contribution in [1.82, 2.24) is 14.5 Å². The van der Waals surface area contributed by atoms with Gasteiger partial charge in [-0.15, -0.1) is 0 Å². The summed E-state index contributed by atoms with van der Waals surface area (Å²) in [5.41, 5.74) is -0.280. The Morgan fingerprint density at radius 2 is 1.48 bits per heavy atom. The highest BCUT2D eigenvalue weighted by Crippen LogP contribution is 2.37. The number of piperazine rings is 1. The van der Waals surface area contributed by atoms with E-state index in [1.807, 2.05) is 0 Å². The summed E-state index contributed by atoms with van der Waals surface area (Å²) in [6, 6.07) is 14.8. The highest BCUT2D eigenvalue weighted by Gasteiger charge is 2.35. The number of aryl methyl sites for hydroxylation is 1. The van der Waals surface area contributed by atoms with Crippen molar-refractivity contribution in [3.8, 4) is 0 Å². The van der Waals surface area contributed by atoms with Crippen molar-refractivity contribution in [2.75, 3.05) is 36.0 Å². The van der Waals surface area contributed by atoms with E-state index >= 15 is 0 Å². The van der Waals surface area contributed by atoms with Crippen LogP contribution in [0.25, 0.3) is 11.0 Å². The molecule has 0 unspecified atom stereocenters. The fraction of sp³-hybridized carbons (Fsp3) is 0.323. The molecule has 230 valence electrons. The average molecular weight is 607 g/mol. The lowest BCUT2D eigenvalue weighted by molar-refractivity contribution is -0.385. The molecule has 3 heterocycles. The van der Waals surface area contributed by atoms with Crippen LogP contribution in [-0.2, 0) is 7.05 Å². The quantitative estimate of drug-likeness (QED) is 0.231. The molecule has 0 radical (unpaired) electrons. The summed E-state index contributed by atoms with van der Waals surface area (Å²) in [6.45, 7) is 6.40. The van der Waals surface area contributed by atoms with Crippen molar-refractivity contribution in [2.45, 2.75) is 32.4 Å². The monoisotopic (exact) mass is 606 g/mol. The first kappa shape index (κ1) is 30.5. The van der Waals surface area contributed by atoms with Gasteiger partial charge in [0.25, 0.3) is 0 Å². The third kappa shape index (κ3) is 5.70. The number of hydrogen-bond acceptors (Lipinski definition) is 7. The van der Waals surface area contributed by atoms with Gasteiger partial charge >= 0.3 is 17.3 Å². The lowest BCUT2D eigenvalue weighted by atomic mass is 9.96. The lowest BCUT2D eigenvalue weighted by Gasteiger charge is -2.40. The number of nitro groups is 1.